The number of hydrogen-bond acceptors (Lipinski definition) is 7. The number of fused-ring (bicyclic) bond motifs is 2. The summed E-state index contributed by atoms with van der Waals surface area (Å²) in [6.45, 7) is 17.1. The topological polar surface area (TPSA) is 52.6 Å². The summed E-state index contributed by atoms with van der Waals surface area (Å²) in [5, 5.41) is 0. The van der Waals surface area contributed by atoms with Crippen molar-refractivity contribution in [2.24, 2.45) is 0 Å². The van der Waals surface area contributed by atoms with Crippen molar-refractivity contribution in [2.75, 3.05) is 47.9 Å². The Morgan fingerprint density at radius 1 is 0.725 bits per heavy atom. The van der Waals surface area contributed by atoms with Gasteiger partial charge in [0.05, 0.1) is 0 Å². The van der Waals surface area contributed by atoms with Crippen molar-refractivity contribution < 1.29 is 22.8 Å². The molecule has 0 N–H and O–H groups in total. The second-order valence-corrected chi connectivity index (χ2v) is 21.7. The molecule has 4 rings (SSSR count). The number of benzene rings is 2. The summed E-state index contributed by atoms with van der Waals surface area (Å²) < 4.78 is 29.0. The summed E-state index contributed by atoms with van der Waals surface area (Å²) in [4.78, 5) is 4.79. The third-order valence-electron chi connectivity index (χ3n) is 8.45. The lowest BCUT2D eigenvalue weighted by molar-refractivity contribution is 0.0895. The fraction of sp³-hybridized carbons (Fsp3) is 0.613. The van der Waals surface area contributed by atoms with Crippen LogP contribution in [0.5, 0.6) is 11.5 Å². The van der Waals surface area contributed by atoms with Gasteiger partial charge in [-0.3, -0.25) is 9.80 Å². The molecule has 222 valence electrons. The Labute approximate surface area is 244 Å². The maximum Gasteiger partial charge on any atom is 0.500 e. The summed E-state index contributed by atoms with van der Waals surface area (Å²) >= 11 is 0. The lowest BCUT2D eigenvalue weighted by Crippen LogP contribution is -2.43. The third kappa shape index (κ3) is 7.56. The van der Waals surface area contributed by atoms with Crippen LogP contribution < -0.4 is 9.47 Å². The largest absolute Gasteiger partial charge is 0.500 e. The smallest absolute Gasteiger partial charge is 0.478 e. The predicted molar refractivity (Wildman–Crippen MR) is 166 cm³/mol. The van der Waals surface area contributed by atoms with Gasteiger partial charge >= 0.3 is 8.80 Å². The molecule has 2 aliphatic heterocycles. The molecule has 2 aromatic carbocycles. The molecule has 9 heteroatoms. The van der Waals surface area contributed by atoms with Gasteiger partial charge in [0, 0.05) is 78.2 Å². The summed E-state index contributed by atoms with van der Waals surface area (Å²) in [5.41, 5.74) is 4.99. The molecule has 0 saturated heterocycles. The van der Waals surface area contributed by atoms with Crippen LogP contribution in [0.3, 0.4) is 0 Å². The van der Waals surface area contributed by atoms with Crippen LogP contribution in [-0.2, 0) is 31.8 Å². The minimum atomic E-state index is -2.55. The van der Waals surface area contributed by atoms with Crippen LogP contribution in [0.2, 0.25) is 31.7 Å². The molecule has 40 heavy (non-hydrogen) atoms. The highest BCUT2D eigenvalue weighted by Crippen LogP contribution is 2.38. The van der Waals surface area contributed by atoms with Crippen LogP contribution in [-0.4, -0.2) is 74.6 Å². The average molecular weight is 587 g/mol. The molecule has 0 fully saturated rings. The number of ether oxygens (including phenoxy) is 2. The first-order valence-corrected chi connectivity index (χ1v) is 20.2. The van der Waals surface area contributed by atoms with Gasteiger partial charge in [0.15, 0.2) is 0 Å². The Morgan fingerprint density at radius 3 is 1.60 bits per heavy atom. The molecule has 0 saturated carbocycles. The van der Waals surface area contributed by atoms with Crippen molar-refractivity contribution in [3.8, 4) is 11.5 Å². The van der Waals surface area contributed by atoms with Gasteiger partial charge in [0.1, 0.15) is 25.0 Å². The van der Waals surface area contributed by atoms with E-state index in [1.165, 1.54) is 34.7 Å². The van der Waals surface area contributed by atoms with Crippen molar-refractivity contribution in [1.29, 1.82) is 0 Å². The summed E-state index contributed by atoms with van der Waals surface area (Å²) in [6.07, 6.45) is 2.18. The highest BCUT2D eigenvalue weighted by molar-refractivity contribution is 6.76. The second kappa shape index (κ2) is 13.1. The van der Waals surface area contributed by atoms with Crippen LogP contribution in [0.25, 0.3) is 0 Å². The Balaban J connectivity index is 1.42. The van der Waals surface area contributed by atoms with Gasteiger partial charge in [-0.05, 0) is 48.2 Å². The Bertz CT molecular complexity index is 1120. The first-order valence-electron chi connectivity index (χ1n) is 14.6. The predicted octanol–water partition coefficient (Wildman–Crippen LogP) is 6.31. The molecular formula is C31H50N2O5Si2. The van der Waals surface area contributed by atoms with Gasteiger partial charge in [-0.2, -0.15) is 0 Å². The van der Waals surface area contributed by atoms with Gasteiger partial charge < -0.3 is 22.8 Å². The van der Waals surface area contributed by atoms with Crippen LogP contribution in [0, 0.1) is 0 Å². The van der Waals surface area contributed by atoms with E-state index >= 15 is 0 Å². The lowest BCUT2D eigenvalue weighted by Gasteiger charge is -2.34. The lowest BCUT2D eigenvalue weighted by atomic mass is 9.77. The van der Waals surface area contributed by atoms with Crippen LogP contribution >= 0.6 is 0 Å². The van der Waals surface area contributed by atoms with E-state index in [0.29, 0.717) is 13.5 Å². The Kier molecular flexibility index (Phi) is 10.2. The molecule has 2 heterocycles. The minimum absolute atomic E-state index is 0.146. The van der Waals surface area contributed by atoms with Gasteiger partial charge in [-0.25, -0.2) is 0 Å². The van der Waals surface area contributed by atoms with E-state index in [-0.39, 0.29) is 5.41 Å². The number of rotatable bonds is 13. The van der Waals surface area contributed by atoms with E-state index in [1.54, 1.807) is 21.3 Å². The molecule has 0 spiro atoms. The first kappa shape index (κ1) is 31.2. The molecule has 0 unspecified atom stereocenters. The van der Waals surface area contributed by atoms with Crippen molar-refractivity contribution in [1.82, 2.24) is 9.80 Å². The fourth-order valence-corrected chi connectivity index (χ4v) is 8.64. The van der Waals surface area contributed by atoms with E-state index in [0.717, 1.165) is 50.1 Å². The summed E-state index contributed by atoms with van der Waals surface area (Å²) in [6, 6.07) is 15.6. The van der Waals surface area contributed by atoms with E-state index < -0.39 is 16.9 Å². The Morgan fingerprint density at radius 2 is 1.18 bits per heavy atom. The van der Waals surface area contributed by atoms with Crippen LogP contribution in [0.15, 0.2) is 36.4 Å². The molecule has 0 atom stereocenters. The molecule has 0 bridgehead atoms. The van der Waals surface area contributed by atoms with Gasteiger partial charge in [0.25, 0.3) is 0 Å². The zero-order valence-corrected chi connectivity index (χ0v) is 28.0. The van der Waals surface area contributed by atoms with E-state index in [9.17, 15) is 0 Å². The summed E-state index contributed by atoms with van der Waals surface area (Å²) in [7, 11) is 1.45. The van der Waals surface area contributed by atoms with Crippen molar-refractivity contribution in [2.45, 2.75) is 76.9 Å². The molecular weight excluding hydrogens is 537 g/mol. The molecule has 7 nitrogen and oxygen atoms in total. The molecule has 0 aliphatic carbocycles. The number of hydrogen-bond donors (Lipinski definition) is 0. The Hall–Kier alpha value is -1.73. The fourth-order valence-electron chi connectivity index (χ4n) is 5.72. The van der Waals surface area contributed by atoms with E-state index in [4.69, 9.17) is 22.8 Å². The zero-order valence-electron chi connectivity index (χ0n) is 26.0. The zero-order chi connectivity index (χ0) is 29.0. The molecule has 2 aromatic rings. The quantitative estimate of drug-likeness (QED) is 0.255. The first-order chi connectivity index (χ1) is 19.0. The normalized spacial score (nSPS) is 16.7. The molecule has 0 amide bonds. The summed E-state index contributed by atoms with van der Waals surface area (Å²) in [5.74, 6) is 2.01. The average Bonchev–Trinajstić information content (AvgIpc) is 2.94. The maximum absolute atomic E-state index is 6.15. The van der Waals surface area contributed by atoms with Crippen LogP contribution in [0.4, 0.5) is 0 Å². The minimum Gasteiger partial charge on any atom is -0.478 e. The van der Waals surface area contributed by atoms with E-state index in [1.807, 2.05) is 0 Å². The molecule has 0 aromatic heterocycles. The van der Waals surface area contributed by atoms with Gasteiger partial charge in [-0.1, -0.05) is 51.7 Å². The maximum atomic E-state index is 6.15. The SMILES string of the molecule is CO[Si](CCCN1COc2ccc(C(C)(C)c3ccc4c(c3)CN(CCC[Si](C)(C)C)CO4)cc2C1)(OC)OC. The van der Waals surface area contributed by atoms with Crippen molar-refractivity contribution in [3.05, 3.63) is 58.7 Å². The standard InChI is InChI=1S/C31H50N2O5Si2/c1-31(2,27-11-13-29-25(19-27)21-32(23-37-29)15-9-17-39(6,7)8)28-12-14-30-26(20-28)22-33(24-38-30)16-10-18-40(34-3,35-4)36-5/h11-14,19-20H,9-10,15-18,21-24H2,1-8H3. The van der Waals surface area contributed by atoms with Gasteiger partial charge in [0.2, 0.25) is 0 Å². The van der Waals surface area contributed by atoms with Crippen LogP contribution in [0.1, 0.15) is 48.9 Å². The van der Waals surface area contributed by atoms with Crippen molar-refractivity contribution >= 4 is 16.9 Å². The molecule has 2 aliphatic rings. The monoisotopic (exact) mass is 586 g/mol. The van der Waals surface area contributed by atoms with E-state index in [2.05, 4.69) is 79.7 Å². The molecule has 0 radical (unpaired) electrons. The van der Waals surface area contributed by atoms with Crippen molar-refractivity contribution in [3.63, 3.8) is 0 Å². The highest BCUT2D eigenvalue weighted by atomic mass is 28.4. The third-order valence-corrected chi connectivity index (χ3v) is 13.1. The van der Waals surface area contributed by atoms with Gasteiger partial charge in [-0.15, -0.1) is 0 Å². The second-order valence-electron chi connectivity index (χ2n) is 13.0. The highest BCUT2D eigenvalue weighted by Gasteiger charge is 2.37. The number of nitrogens with zero attached hydrogens (tertiary/aromatic N) is 2.